The maximum atomic E-state index is 13.4. The number of carbonyl (C=O) groups is 2. The van der Waals surface area contributed by atoms with Crippen molar-refractivity contribution in [1.82, 2.24) is 5.32 Å². The Morgan fingerprint density at radius 2 is 1.52 bits per heavy atom. The molecule has 0 saturated heterocycles. The van der Waals surface area contributed by atoms with Crippen molar-refractivity contribution in [2.75, 3.05) is 0 Å². The van der Waals surface area contributed by atoms with Gasteiger partial charge in [0.1, 0.15) is 6.04 Å². The van der Waals surface area contributed by atoms with Crippen LogP contribution in [0.2, 0.25) is 0 Å². The summed E-state index contributed by atoms with van der Waals surface area (Å²) < 4.78 is 91.0. The highest BCUT2D eigenvalue weighted by atomic mass is 19.4. The smallest absolute Gasteiger partial charge is 0.416 e. The van der Waals surface area contributed by atoms with Crippen molar-refractivity contribution in [3.63, 3.8) is 0 Å². The van der Waals surface area contributed by atoms with Gasteiger partial charge in [-0.15, -0.1) is 0 Å². The fourth-order valence-electron chi connectivity index (χ4n) is 2.81. The van der Waals surface area contributed by atoms with E-state index in [4.69, 9.17) is 0 Å². The minimum absolute atomic E-state index is 0.0609. The third-order valence-electron chi connectivity index (χ3n) is 4.29. The molecule has 0 heterocycles. The van der Waals surface area contributed by atoms with E-state index >= 15 is 0 Å². The highest BCUT2D eigenvalue weighted by molar-refractivity contribution is 5.85. The van der Waals surface area contributed by atoms with Gasteiger partial charge >= 0.3 is 24.0 Å². The number of aliphatic carboxylic acids is 1. The topological polar surface area (TPSA) is 110 Å². The Hall–Kier alpha value is -3.71. The minimum atomic E-state index is -5.13. The number of carboxylic acid groups (broad SMARTS) is 1. The SMILES string of the molecule is O=C(Cc1cc(C(F)(F)F)cc(C(F)(F)F)c1)N[C@H](Cc1ccc(F)c([N+](=O)[O-])c1)C(=O)O. The Morgan fingerprint density at radius 3 is 1.97 bits per heavy atom. The Morgan fingerprint density at radius 1 is 0.970 bits per heavy atom. The monoisotopic (exact) mass is 482 g/mol. The van der Waals surface area contributed by atoms with Gasteiger partial charge in [0, 0.05) is 12.5 Å². The summed E-state index contributed by atoms with van der Waals surface area (Å²) in [5.41, 5.74) is -4.97. The van der Waals surface area contributed by atoms with Crippen LogP contribution in [0.25, 0.3) is 0 Å². The lowest BCUT2D eigenvalue weighted by Gasteiger charge is -2.16. The summed E-state index contributed by atoms with van der Waals surface area (Å²) >= 11 is 0. The number of nitro benzene ring substituents is 1. The van der Waals surface area contributed by atoms with Crippen LogP contribution < -0.4 is 5.32 Å². The Balaban J connectivity index is 2.25. The molecule has 1 amide bonds. The molecule has 0 radical (unpaired) electrons. The first kappa shape index (κ1) is 25.5. The van der Waals surface area contributed by atoms with E-state index in [0.717, 1.165) is 12.1 Å². The number of rotatable bonds is 7. The highest BCUT2D eigenvalue weighted by Gasteiger charge is 2.37. The van der Waals surface area contributed by atoms with Gasteiger partial charge in [0.2, 0.25) is 11.7 Å². The average Bonchev–Trinajstić information content (AvgIpc) is 2.66. The van der Waals surface area contributed by atoms with Crippen molar-refractivity contribution in [1.29, 1.82) is 0 Å². The number of nitro groups is 1. The van der Waals surface area contributed by atoms with E-state index in [1.807, 2.05) is 5.32 Å². The van der Waals surface area contributed by atoms with Crippen LogP contribution in [-0.2, 0) is 34.8 Å². The molecule has 33 heavy (non-hydrogen) atoms. The summed E-state index contributed by atoms with van der Waals surface area (Å²) in [7, 11) is 0. The van der Waals surface area contributed by atoms with Gasteiger partial charge in [-0.05, 0) is 35.4 Å². The van der Waals surface area contributed by atoms with Gasteiger partial charge in [-0.3, -0.25) is 14.9 Å². The lowest BCUT2D eigenvalue weighted by Crippen LogP contribution is -2.43. The molecule has 0 fully saturated rings. The third-order valence-corrected chi connectivity index (χ3v) is 4.29. The third kappa shape index (κ3) is 6.89. The van der Waals surface area contributed by atoms with Crippen molar-refractivity contribution < 1.29 is 50.4 Å². The van der Waals surface area contributed by atoms with Gasteiger partial charge in [-0.2, -0.15) is 30.7 Å². The number of carboxylic acids is 1. The highest BCUT2D eigenvalue weighted by Crippen LogP contribution is 2.36. The normalized spacial score (nSPS) is 12.8. The quantitative estimate of drug-likeness (QED) is 0.351. The number of hydrogen-bond acceptors (Lipinski definition) is 4. The van der Waals surface area contributed by atoms with E-state index < -0.39 is 76.2 Å². The van der Waals surface area contributed by atoms with Crippen LogP contribution in [0.3, 0.4) is 0 Å². The number of carbonyl (C=O) groups excluding carboxylic acids is 1. The summed E-state index contributed by atoms with van der Waals surface area (Å²) in [5.74, 6) is -4.05. The number of benzene rings is 2. The fourth-order valence-corrected chi connectivity index (χ4v) is 2.81. The molecule has 0 bridgehead atoms. The number of nitrogens with one attached hydrogen (secondary N) is 1. The standard InChI is InChI=1S/C19H13F7N2O5/c20-13-2-1-9(6-15(13)28(32)33)5-14(17(30)31)27-16(29)7-10-3-11(18(21,22)23)8-12(4-10)19(24,25)26/h1-4,6,8,14H,5,7H2,(H,27,29)(H,30,31)/t14-/m1/s1. The second kappa shape index (κ2) is 9.42. The number of amides is 1. The molecule has 2 N–H and O–H groups in total. The van der Waals surface area contributed by atoms with E-state index in [1.165, 1.54) is 0 Å². The Labute approximate surface area is 180 Å². The van der Waals surface area contributed by atoms with Crippen LogP contribution in [0, 0.1) is 15.9 Å². The van der Waals surface area contributed by atoms with Crippen molar-refractivity contribution in [3.8, 4) is 0 Å². The maximum Gasteiger partial charge on any atom is 0.416 e. The van der Waals surface area contributed by atoms with E-state index in [-0.39, 0.29) is 11.6 Å². The Kier molecular flexibility index (Phi) is 7.29. The summed E-state index contributed by atoms with van der Waals surface area (Å²) in [6.45, 7) is 0. The zero-order valence-electron chi connectivity index (χ0n) is 16.1. The molecule has 7 nitrogen and oxygen atoms in total. The van der Waals surface area contributed by atoms with Crippen molar-refractivity contribution in [3.05, 3.63) is 74.6 Å². The van der Waals surface area contributed by atoms with Gasteiger partial charge in [-0.1, -0.05) is 6.07 Å². The molecule has 0 aliphatic carbocycles. The fraction of sp³-hybridized carbons (Fsp3) is 0.263. The number of halogens is 7. The molecular formula is C19H13F7N2O5. The van der Waals surface area contributed by atoms with Crippen molar-refractivity contribution in [2.45, 2.75) is 31.2 Å². The van der Waals surface area contributed by atoms with Gasteiger partial charge < -0.3 is 10.4 Å². The number of alkyl halides is 6. The zero-order chi connectivity index (χ0) is 25.1. The van der Waals surface area contributed by atoms with E-state index in [0.29, 0.717) is 18.2 Å². The van der Waals surface area contributed by atoms with Gasteiger partial charge in [0.15, 0.2) is 0 Å². The predicted molar refractivity (Wildman–Crippen MR) is 96.5 cm³/mol. The molecule has 0 unspecified atom stereocenters. The summed E-state index contributed by atoms with van der Waals surface area (Å²) in [5, 5.41) is 22.0. The average molecular weight is 482 g/mol. The minimum Gasteiger partial charge on any atom is -0.480 e. The van der Waals surface area contributed by atoms with Crippen LogP contribution >= 0.6 is 0 Å². The van der Waals surface area contributed by atoms with Crippen molar-refractivity contribution >= 4 is 17.6 Å². The molecule has 1 atom stereocenters. The molecule has 0 saturated carbocycles. The van der Waals surface area contributed by atoms with Crippen LogP contribution in [0.15, 0.2) is 36.4 Å². The lowest BCUT2D eigenvalue weighted by molar-refractivity contribution is -0.387. The second-order valence-corrected chi connectivity index (χ2v) is 6.80. The van der Waals surface area contributed by atoms with Gasteiger partial charge in [-0.25, -0.2) is 4.79 Å². The number of hydrogen-bond donors (Lipinski definition) is 2. The molecule has 2 aromatic carbocycles. The summed E-state index contributed by atoms with van der Waals surface area (Å²) in [6, 6.07) is 1.24. The maximum absolute atomic E-state index is 13.4. The first-order valence-electron chi connectivity index (χ1n) is 8.81. The van der Waals surface area contributed by atoms with E-state index in [1.54, 1.807) is 0 Å². The summed E-state index contributed by atoms with van der Waals surface area (Å²) in [6.07, 6.45) is -11.8. The predicted octanol–water partition coefficient (Wildman–Crippen LogP) is 4.13. The molecule has 0 aliphatic heterocycles. The molecule has 0 spiro atoms. The first-order valence-corrected chi connectivity index (χ1v) is 8.81. The lowest BCUT2D eigenvalue weighted by atomic mass is 10.0. The number of nitrogens with zero attached hydrogens (tertiary/aromatic N) is 1. The molecule has 0 aromatic heterocycles. The Bertz CT molecular complexity index is 1050. The van der Waals surface area contributed by atoms with Crippen LogP contribution in [0.4, 0.5) is 36.4 Å². The van der Waals surface area contributed by atoms with E-state index in [2.05, 4.69) is 0 Å². The first-order chi connectivity index (χ1) is 15.1. The van der Waals surface area contributed by atoms with Crippen LogP contribution in [-0.4, -0.2) is 27.9 Å². The van der Waals surface area contributed by atoms with Gasteiger partial charge in [0.05, 0.1) is 22.5 Å². The second-order valence-electron chi connectivity index (χ2n) is 6.80. The zero-order valence-corrected chi connectivity index (χ0v) is 16.1. The largest absolute Gasteiger partial charge is 0.480 e. The van der Waals surface area contributed by atoms with Crippen LogP contribution in [0.1, 0.15) is 22.3 Å². The molecule has 2 rings (SSSR count). The van der Waals surface area contributed by atoms with Crippen LogP contribution in [0.5, 0.6) is 0 Å². The van der Waals surface area contributed by atoms with E-state index in [9.17, 15) is 55.5 Å². The molecule has 14 heteroatoms. The van der Waals surface area contributed by atoms with Gasteiger partial charge in [0.25, 0.3) is 0 Å². The molecule has 2 aromatic rings. The van der Waals surface area contributed by atoms with Crippen molar-refractivity contribution in [2.24, 2.45) is 0 Å². The summed E-state index contributed by atoms with van der Waals surface area (Å²) in [4.78, 5) is 33.3. The molecular weight excluding hydrogens is 469 g/mol. The molecule has 0 aliphatic rings. The molecule has 178 valence electrons.